The van der Waals surface area contributed by atoms with Crippen LogP contribution < -0.4 is 10.1 Å². The molecule has 2 N–H and O–H groups in total. The van der Waals surface area contributed by atoms with E-state index in [4.69, 9.17) is 14.6 Å². The molecule has 0 bridgehead atoms. The maximum absolute atomic E-state index is 11.7. The Balaban J connectivity index is 2.47. The van der Waals surface area contributed by atoms with Crippen LogP contribution in [0.25, 0.3) is 0 Å². The number of carbonyl (C=O) groups excluding carboxylic acids is 1. The second-order valence-corrected chi connectivity index (χ2v) is 4.26. The first-order valence-corrected chi connectivity index (χ1v) is 6.27. The molecule has 0 radical (unpaired) electrons. The fraction of sp³-hybridized carbons (Fsp3) is 0.429. The number of amides is 1. The van der Waals surface area contributed by atoms with Gasteiger partial charge in [-0.2, -0.15) is 0 Å². The van der Waals surface area contributed by atoms with Crippen molar-refractivity contribution in [3.63, 3.8) is 0 Å². The average molecular weight is 281 g/mol. The van der Waals surface area contributed by atoms with Crippen LogP contribution in [0.4, 0.5) is 0 Å². The molecular weight excluding hydrogens is 262 g/mol. The molecule has 20 heavy (non-hydrogen) atoms. The monoisotopic (exact) mass is 281 g/mol. The predicted molar refractivity (Wildman–Crippen MR) is 72.8 cm³/mol. The lowest BCUT2D eigenvalue weighted by atomic mass is 10.1. The molecule has 6 heteroatoms. The number of carboxylic acid groups (broad SMARTS) is 1. The standard InChI is InChI=1S/C14H19NO5/c1-10(14(18)15-7-8-19-2)20-12-5-3-11(4-6-12)9-13(16)17/h3-6,10H,7-9H2,1-2H3,(H,15,18)(H,16,17)/t10-/m0/s1. The van der Waals surface area contributed by atoms with E-state index in [9.17, 15) is 9.59 Å². The van der Waals surface area contributed by atoms with Crippen molar-refractivity contribution >= 4 is 11.9 Å². The predicted octanol–water partition coefficient (Wildman–Crippen LogP) is 0.844. The summed E-state index contributed by atoms with van der Waals surface area (Å²) in [6, 6.07) is 6.63. The molecule has 1 atom stereocenters. The maximum Gasteiger partial charge on any atom is 0.307 e. The third-order valence-electron chi connectivity index (χ3n) is 2.57. The number of benzene rings is 1. The van der Waals surface area contributed by atoms with E-state index in [1.54, 1.807) is 38.3 Å². The van der Waals surface area contributed by atoms with E-state index >= 15 is 0 Å². The van der Waals surface area contributed by atoms with E-state index in [1.165, 1.54) is 0 Å². The zero-order chi connectivity index (χ0) is 15.0. The van der Waals surface area contributed by atoms with Crippen LogP contribution in [-0.2, 0) is 20.7 Å². The van der Waals surface area contributed by atoms with Crippen molar-refractivity contribution in [3.8, 4) is 5.75 Å². The van der Waals surface area contributed by atoms with Gasteiger partial charge in [0.15, 0.2) is 6.10 Å². The van der Waals surface area contributed by atoms with Gasteiger partial charge < -0.3 is 19.9 Å². The van der Waals surface area contributed by atoms with Gasteiger partial charge in [-0.25, -0.2) is 0 Å². The molecule has 0 saturated carbocycles. The Morgan fingerprint density at radius 1 is 1.30 bits per heavy atom. The van der Waals surface area contributed by atoms with Gasteiger partial charge in [0.1, 0.15) is 5.75 Å². The highest BCUT2D eigenvalue weighted by Crippen LogP contribution is 2.14. The minimum absolute atomic E-state index is 0.0344. The SMILES string of the molecule is COCCNC(=O)[C@H](C)Oc1ccc(CC(=O)O)cc1. The number of rotatable bonds is 8. The summed E-state index contributed by atoms with van der Waals surface area (Å²) in [4.78, 5) is 22.2. The summed E-state index contributed by atoms with van der Waals surface area (Å²) in [5.41, 5.74) is 0.682. The van der Waals surface area contributed by atoms with Crippen molar-refractivity contribution < 1.29 is 24.2 Å². The van der Waals surface area contributed by atoms with Crippen molar-refractivity contribution in [2.75, 3.05) is 20.3 Å². The van der Waals surface area contributed by atoms with E-state index in [1.807, 2.05) is 0 Å². The normalized spacial score (nSPS) is 11.7. The topological polar surface area (TPSA) is 84.9 Å². The minimum atomic E-state index is -0.885. The quantitative estimate of drug-likeness (QED) is 0.690. The van der Waals surface area contributed by atoms with Gasteiger partial charge >= 0.3 is 5.97 Å². The third kappa shape index (κ3) is 5.71. The van der Waals surface area contributed by atoms with Gasteiger partial charge in [-0.3, -0.25) is 9.59 Å². The second-order valence-electron chi connectivity index (χ2n) is 4.26. The van der Waals surface area contributed by atoms with Crippen molar-refractivity contribution in [1.82, 2.24) is 5.32 Å². The zero-order valence-corrected chi connectivity index (χ0v) is 11.6. The highest BCUT2D eigenvalue weighted by Gasteiger charge is 2.13. The maximum atomic E-state index is 11.7. The molecule has 1 amide bonds. The number of methoxy groups -OCH3 is 1. The Morgan fingerprint density at radius 3 is 2.50 bits per heavy atom. The lowest BCUT2D eigenvalue weighted by Gasteiger charge is -2.14. The fourth-order valence-corrected chi connectivity index (χ4v) is 1.54. The molecule has 0 aromatic heterocycles. The Morgan fingerprint density at radius 2 is 1.95 bits per heavy atom. The van der Waals surface area contributed by atoms with Crippen LogP contribution >= 0.6 is 0 Å². The summed E-state index contributed by atoms with van der Waals surface area (Å²) < 4.78 is 10.3. The molecule has 110 valence electrons. The molecule has 1 aromatic carbocycles. The average Bonchev–Trinajstić information content (AvgIpc) is 2.40. The molecule has 0 saturated heterocycles. The first-order chi connectivity index (χ1) is 9.52. The molecule has 0 aliphatic rings. The van der Waals surface area contributed by atoms with E-state index in [-0.39, 0.29) is 12.3 Å². The van der Waals surface area contributed by atoms with Crippen molar-refractivity contribution in [3.05, 3.63) is 29.8 Å². The van der Waals surface area contributed by atoms with Crippen LogP contribution in [0.1, 0.15) is 12.5 Å². The van der Waals surface area contributed by atoms with Gasteiger partial charge in [-0.1, -0.05) is 12.1 Å². The zero-order valence-electron chi connectivity index (χ0n) is 11.6. The summed E-state index contributed by atoms with van der Waals surface area (Å²) in [6.07, 6.45) is -0.662. The van der Waals surface area contributed by atoms with Gasteiger partial charge in [0.2, 0.25) is 0 Å². The third-order valence-corrected chi connectivity index (χ3v) is 2.57. The molecule has 0 aliphatic heterocycles. The van der Waals surface area contributed by atoms with Crippen molar-refractivity contribution in [2.45, 2.75) is 19.4 Å². The molecule has 6 nitrogen and oxygen atoms in total. The number of ether oxygens (including phenoxy) is 2. The van der Waals surface area contributed by atoms with Gasteiger partial charge in [0.25, 0.3) is 5.91 Å². The number of aliphatic carboxylic acids is 1. The Kier molecular flexibility index (Phi) is 6.52. The molecule has 0 aliphatic carbocycles. The van der Waals surface area contributed by atoms with Crippen LogP contribution in [0.3, 0.4) is 0 Å². The van der Waals surface area contributed by atoms with Crippen LogP contribution in [0, 0.1) is 0 Å². The lowest BCUT2D eigenvalue weighted by Crippen LogP contribution is -2.37. The van der Waals surface area contributed by atoms with E-state index in [2.05, 4.69) is 5.32 Å². The first kappa shape index (κ1) is 16.0. The van der Waals surface area contributed by atoms with Crippen molar-refractivity contribution in [1.29, 1.82) is 0 Å². The number of hydrogen-bond acceptors (Lipinski definition) is 4. The Labute approximate surface area is 117 Å². The summed E-state index contributed by atoms with van der Waals surface area (Å²) in [6.45, 7) is 2.52. The van der Waals surface area contributed by atoms with Gasteiger partial charge in [0.05, 0.1) is 13.0 Å². The first-order valence-electron chi connectivity index (χ1n) is 6.27. The summed E-state index contributed by atoms with van der Waals surface area (Å²) in [7, 11) is 1.56. The molecule has 1 aromatic rings. The van der Waals surface area contributed by atoms with E-state index in [0.29, 0.717) is 24.5 Å². The number of carboxylic acids is 1. The second kappa shape index (κ2) is 8.16. The number of hydrogen-bond donors (Lipinski definition) is 2. The largest absolute Gasteiger partial charge is 0.481 e. The lowest BCUT2D eigenvalue weighted by molar-refractivity contribution is -0.136. The highest BCUT2D eigenvalue weighted by molar-refractivity contribution is 5.80. The van der Waals surface area contributed by atoms with E-state index in [0.717, 1.165) is 0 Å². The minimum Gasteiger partial charge on any atom is -0.481 e. The Bertz CT molecular complexity index is 443. The van der Waals surface area contributed by atoms with E-state index < -0.39 is 12.1 Å². The molecule has 0 unspecified atom stereocenters. The summed E-state index contributed by atoms with van der Waals surface area (Å²) in [5, 5.41) is 11.3. The summed E-state index contributed by atoms with van der Waals surface area (Å²) in [5.74, 6) is -0.588. The molecule has 0 heterocycles. The van der Waals surface area contributed by atoms with Crippen molar-refractivity contribution in [2.24, 2.45) is 0 Å². The van der Waals surface area contributed by atoms with Gasteiger partial charge in [0, 0.05) is 13.7 Å². The van der Waals surface area contributed by atoms with Crippen LogP contribution in [0.15, 0.2) is 24.3 Å². The van der Waals surface area contributed by atoms with Crippen LogP contribution in [-0.4, -0.2) is 43.3 Å². The van der Waals surface area contributed by atoms with Gasteiger partial charge in [-0.05, 0) is 24.6 Å². The summed E-state index contributed by atoms with van der Waals surface area (Å²) >= 11 is 0. The van der Waals surface area contributed by atoms with Crippen LogP contribution in [0.5, 0.6) is 5.75 Å². The van der Waals surface area contributed by atoms with Crippen LogP contribution in [0.2, 0.25) is 0 Å². The molecule has 0 fully saturated rings. The molecule has 1 rings (SSSR count). The number of carbonyl (C=O) groups is 2. The molecular formula is C14H19NO5. The smallest absolute Gasteiger partial charge is 0.307 e. The Hall–Kier alpha value is -2.08. The molecule has 0 spiro atoms. The fourth-order valence-electron chi connectivity index (χ4n) is 1.54. The highest BCUT2D eigenvalue weighted by atomic mass is 16.5. The van der Waals surface area contributed by atoms with Gasteiger partial charge in [-0.15, -0.1) is 0 Å². The number of nitrogens with one attached hydrogen (secondary N) is 1.